The van der Waals surface area contributed by atoms with E-state index in [0.717, 1.165) is 18.8 Å². The van der Waals surface area contributed by atoms with E-state index in [4.69, 9.17) is 10.8 Å². The summed E-state index contributed by atoms with van der Waals surface area (Å²) in [7, 11) is 0. The standard InChI is InChI=1S/C14H21N3O2/c1-2-3-9-4-6-10(7-5-9)13-16-8-11(14(18)19)12(15)17-13/h8-10H,2-7H2,1H3,(H,18,19)(H2,15,16,17). The Morgan fingerprint density at radius 2 is 2.11 bits per heavy atom. The molecule has 19 heavy (non-hydrogen) atoms. The van der Waals surface area contributed by atoms with E-state index in [1.807, 2.05) is 0 Å². The first-order valence-electron chi connectivity index (χ1n) is 6.97. The molecule has 0 unspecified atom stereocenters. The fourth-order valence-electron chi connectivity index (χ4n) is 2.89. The summed E-state index contributed by atoms with van der Waals surface area (Å²) in [6.07, 6.45) is 8.45. The number of carboxylic acids is 1. The average molecular weight is 263 g/mol. The van der Waals surface area contributed by atoms with Crippen LogP contribution in [0.25, 0.3) is 0 Å². The number of nitrogen functional groups attached to an aromatic ring is 1. The van der Waals surface area contributed by atoms with Gasteiger partial charge in [0, 0.05) is 12.1 Å². The molecule has 5 heteroatoms. The fourth-order valence-corrected chi connectivity index (χ4v) is 2.89. The second kappa shape index (κ2) is 5.99. The summed E-state index contributed by atoms with van der Waals surface area (Å²) in [5, 5.41) is 8.90. The minimum atomic E-state index is -1.07. The third-order valence-corrected chi connectivity index (χ3v) is 3.98. The van der Waals surface area contributed by atoms with Gasteiger partial charge in [-0.05, 0) is 31.6 Å². The Balaban J connectivity index is 2.04. The van der Waals surface area contributed by atoms with Crippen molar-refractivity contribution in [2.75, 3.05) is 5.73 Å². The van der Waals surface area contributed by atoms with Crippen molar-refractivity contribution in [2.45, 2.75) is 51.4 Å². The Kier molecular flexibility index (Phi) is 4.35. The molecule has 2 rings (SSSR count). The minimum absolute atomic E-state index is 0.0107. The van der Waals surface area contributed by atoms with E-state index in [-0.39, 0.29) is 11.4 Å². The summed E-state index contributed by atoms with van der Waals surface area (Å²) in [6.45, 7) is 2.22. The molecule has 0 bridgehead atoms. The van der Waals surface area contributed by atoms with Gasteiger partial charge in [-0.2, -0.15) is 0 Å². The van der Waals surface area contributed by atoms with Crippen molar-refractivity contribution in [2.24, 2.45) is 5.92 Å². The van der Waals surface area contributed by atoms with Crippen molar-refractivity contribution >= 4 is 11.8 Å². The summed E-state index contributed by atoms with van der Waals surface area (Å²) in [5.41, 5.74) is 5.66. The smallest absolute Gasteiger partial charge is 0.341 e. The highest BCUT2D eigenvalue weighted by Gasteiger charge is 2.24. The Hall–Kier alpha value is -1.65. The molecular weight excluding hydrogens is 242 g/mol. The van der Waals surface area contributed by atoms with Gasteiger partial charge in [-0.1, -0.05) is 19.8 Å². The van der Waals surface area contributed by atoms with E-state index in [9.17, 15) is 4.79 Å². The molecule has 0 spiro atoms. The second-order valence-electron chi connectivity index (χ2n) is 5.34. The number of anilines is 1. The lowest BCUT2D eigenvalue weighted by atomic mass is 9.80. The van der Waals surface area contributed by atoms with Crippen molar-refractivity contribution in [1.82, 2.24) is 9.97 Å². The SMILES string of the molecule is CCCC1CCC(c2ncc(C(=O)O)c(N)n2)CC1. The van der Waals surface area contributed by atoms with Gasteiger partial charge in [0.1, 0.15) is 17.2 Å². The number of nitrogens with two attached hydrogens (primary N) is 1. The molecule has 0 atom stereocenters. The van der Waals surface area contributed by atoms with Gasteiger partial charge >= 0.3 is 5.97 Å². The molecule has 1 aliphatic carbocycles. The maximum atomic E-state index is 10.9. The van der Waals surface area contributed by atoms with Crippen LogP contribution in [0.5, 0.6) is 0 Å². The summed E-state index contributed by atoms with van der Waals surface area (Å²) >= 11 is 0. The number of rotatable bonds is 4. The molecular formula is C14H21N3O2. The molecule has 0 aliphatic heterocycles. The molecule has 5 nitrogen and oxygen atoms in total. The third-order valence-electron chi connectivity index (χ3n) is 3.98. The molecule has 1 saturated carbocycles. The first-order chi connectivity index (χ1) is 9.11. The number of aromatic nitrogens is 2. The number of hydrogen-bond donors (Lipinski definition) is 2. The summed E-state index contributed by atoms with van der Waals surface area (Å²) in [4.78, 5) is 19.2. The van der Waals surface area contributed by atoms with Crippen LogP contribution in [0.1, 0.15) is 67.5 Å². The zero-order valence-corrected chi connectivity index (χ0v) is 11.3. The van der Waals surface area contributed by atoms with Gasteiger partial charge in [0.05, 0.1) is 0 Å². The first kappa shape index (κ1) is 13.8. The predicted molar refractivity (Wildman–Crippen MR) is 73.0 cm³/mol. The molecule has 0 amide bonds. The molecule has 1 aromatic rings. The van der Waals surface area contributed by atoms with Gasteiger partial charge in [0.15, 0.2) is 0 Å². The van der Waals surface area contributed by atoms with Crippen LogP contribution in [0, 0.1) is 5.92 Å². The van der Waals surface area contributed by atoms with E-state index in [1.54, 1.807) is 0 Å². The van der Waals surface area contributed by atoms with Crippen LogP contribution in [-0.2, 0) is 0 Å². The molecule has 1 aliphatic rings. The summed E-state index contributed by atoms with van der Waals surface area (Å²) in [6, 6.07) is 0. The maximum Gasteiger partial charge on any atom is 0.341 e. The Labute approximate surface area is 113 Å². The summed E-state index contributed by atoms with van der Waals surface area (Å²) in [5.74, 6) is 0.872. The number of hydrogen-bond acceptors (Lipinski definition) is 4. The second-order valence-corrected chi connectivity index (χ2v) is 5.34. The van der Waals surface area contributed by atoms with Crippen LogP contribution in [0.2, 0.25) is 0 Å². The van der Waals surface area contributed by atoms with Crippen LogP contribution in [0.3, 0.4) is 0 Å². The number of aromatic carboxylic acids is 1. The average Bonchev–Trinajstić information content (AvgIpc) is 2.39. The highest BCUT2D eigenvalue weighted by molar-refractivity contribution is 5.92. The molecule has 0 aromatic carbocycles. The van der Waals surface area contributed by atoms with Crippen LogP contribution in [0.15, 0.2) is 6.20 Å². The van der Waals surface area contributed by atoms with Crippen LogP contribution in [0.4, 0.5) is 5.82 Å². The van der Waals surface area contributed by atoms with Crippen LogP contribution < -0.4 is 5.73 Å². The topological polar surface area (TPSA) is 89.1 Å². The highest BCUT2D eigenvalue weighted by Crippen LogP contribution is 2.36. The van der Waals surface area contributed by atoms with Crippen molar-refractivity contribution in [3.8, 4) is 0 Å². The number of nitrogens with zero attached hydrogens (tertiary/aromatic N) is 2. The lowest BCUT2D eigenvalue weighted by Crippen LogP contribution is -2.17. The van der Waals surface area contributed by atoms with Gasteiger partial charge < -0.3 is 10.8 Å². The van der Waals surface area contributed by atoms with Gasteiger partial charge in [-0.3, -0.25) is 0 Å². The Morgan fingerprint density at radius 1 is 1.42 bits per heavy atom. The van der Waals surface area contributed by atoms with E-state index >= 15 is 0 Å². The highest BCUT2D eigenvalue weighted by atomic mass is 16.4. The number of carboxylic acid groups (broad SMARTS) is 1. The molecule has 1 heterocycles. The molecule has 3 N–H and O–H groups in total. The van der Waals surface area contributed by atoms with Gasteiger partial charge in [0.25, 0.3) is 0 Å². The van der Waals surface area contributed by atoms with E-state index in [1.165, 1.54) is 31.9 Å². The quantitative estimate of drug-likeness (QED) is 0.871. The molecule has 1 aromatic heterocycles. The summed E-state index contributed by atoms with van der Waals surface area (Å²) < 4.78 is 0. The molecule has 0 radical (unpaired) electrons. The van der Waals surface area contributed by atoms with Crippen molar-refractivity contribution in [3.05, 3.63) is 17.6 Å². The van der Waals surface area contributed by atoms with Gasteiger partial charge in [-0.15, -0.1) is 0 Å². The van der Waals surface area contributed by atoms with Crippen LogP contribution in [-0.4, -0.2) is 21.0 Å². The zero-order chi connectivity index (χ0) is 13.8. The van der Waals surface area contributed by atoms with Crippen molar-refractivity contribution < 1.29 is 9.90 Å². The van der Waals surface area contributed by atoms with E-state index < -0.39 is 5.97 Å². The van der Waals surface area contributed by atoms with Gasteiger partial charge in [-0.25, -0.2) is 14.8 Å². The maximum absolute atomic E-state index is 10.9. The van der Waals surface area contributed by atoms with E-state index in [2.05, 4.69) is 16.9 Å². The minimum Gasteiger partial charge on any atom is -0.477 e. The molecule has 1 fully saturated rings. The Bertz CT molecular complexity index is 454. The Morgan fingerprint density at radius 3 is 2.63 bits per heavy atom. The number of carbonyl (C=O) groups is 1. The normalized spacial score (nSPS) is 23.2. The van der Waals surface area contributed by atoms with E-state index in [0.29, 0.717) is 11.7 Å². The predicted octanol–water partition coefficient (Wildman–Crippen LogP) is 2.83. The van der Waals surface area contributed by atoms with Gasteiger partial charge in [0.2, 0.25) is 0 Å². The van der Waals surface area contributed by atoms with Crippen molar-refractivity contribution in [1.29, 1.82) is 0 Å². The fraction of sp³-hybridized carbons (Fsp3) is 0.643. The lowest BCUT2D eigenvalue weighted by molar-refractivity contribution is 0.0697. The zero-order valence-electron chi connectivity index (χ0n) is 11.3. The lowest BCUT2D eigenvalue weighted by Gasteiger charge is -2.27. The largest absolute Gasteiger partial charge is 0.477 e. The third kappa shape index (κ3) is 3.22. The van der Waals surface area contributed by atoms with Crippen molar-refractivity contribution in [3.63, 3.8) is 0 Å². The first-order valence-corrected chi connectivity index (χ1v) is 6.97. The monoisotopic (exact) mass is 263 g/mol. The molecule has 0 saturated heterocycles. The van der Waals surface area contributed by atoms with Crippen LogP contribution >= 0.6 is 0 Å². The molecule has 104 valence electrons.